The van der Waals surface area contributed by atoms with E-state index in [9.17, 15) is 0 Å². The number of furan rings is 2. The van der Waals surface area contributed by atoms with Crippen molar-refractivity contribution in [2.45, 2.75) is 0 Å². The van der Waals surface area contributed by atoms with E-state index in [-0.39, 0.29) is 0 Å². The Morgan fingerprint density at radius 3 is 2.02 bits per heavy atom. The van der Waals surface area contributed by atoms with Crippen LogP contribution in [0.3, 0.4) is 0 Å². The molecule has 0 N–H and O–H groups in total. The lowest BCUT2D eigenvalue weighted by atomic mass is 10.1. The summed E-state index contributed by atoms with van der Waals surface area (Å²) in [7, 11) is 0. The minimum absolute atomic E-state index is 0.565. The van der Waals surface area contributed by atoms with Crippen LogP contribution >= 0.6 is 0 Å². The Kier molecular flexibility index (Phi) is 5.29. The van der Waals surface area contributed by atoms with E-state index < -0.39 is 0 Å². The normalized spacial score (nSPS) is 12.1. The number of aromatic nitrogens is 4. The van der Waals surface area contributed by atoms with E-state index in [1.165, 1.54) is 0 Å². The average molecular weight is 629 g/mol. The highest BCUT2D eigenvalue weighted by atomic mass is 16.3. The van der Waals surface area contributed by atoms with Crippen molar-refractivity contribution in [3.63, 3.8) is 0 Å². The van der Waals surface area contributed by atoms with Crippen molar-refractivity contribution in [2.24, 2.45) is 0 Å². The quantitative estimate of drug-likeness (QED) is 0.195. The average Bonchev–Trinajstić information content (AvgIpc) is 3.84. The molecule has 0 aliphatic rings. The molecule has 7 aromatic carbocycles. The van der Waals surface area contributed by atoms with Crippen molar-refractivity contribution < 1.29 is 8.83 Å². The molecule has 0 radical (unpaired) electrons. The van der Waals surface area contributed by atoms with Crippen LogP contribution in [0.2, 0.25) is 0 Å². The SMILES string of the molecule is c1ccc(-c2nc(-c3ccc4oc5c(ccc6oc7ccccc7c65)c4c3)nc(-n3c4ccccc4c4ccc5ccccc5c43)n2)cc1. The zero-order valence-corrected chi connectivity index (χ0v) is 26.0. The summed E-state index contributed by atoms with van der Waals surface area (Å²) in [4.78, 5) is 15.5. The van der Waals surface area contributed by atoms with Gasteiger partial charge in [-0.2, -0.15) is 9.97 Å². The standard InChI is InChI=1S/C43H24N4O2/c1-2-11-26(12-3-1)41-44-42(27-19-22-36-33(24-27)31-21-23-37-38(40(31)49-36)32-15-7-9-17-35(32)48-37)46-43(45-41)47-34-16-8-6-14-29(34)30-20-18-25-10-4-5-13-28(25)39(30)47/h1-24H. The highest BCUT2D eigenvalue weighted by Crippen LogP contribution is 2.41. The summed E-state index contributed by atoms with van der Waals surface area (Å²) < 4.78 is 14.9. The van der Waals surface area contributed by atoms with Gasteiger partial charge in [-0.3, -0.25) is 4.57 Å². The van der Waals surface area contributed by atoms with Gasteiger partial charge in [-0.1, -0.05) is 103 Å². The first-order valence-corrected chi connectivity index (χ1v) is 16.3. The second kappa shape index (κ2) is 9.86. The lowest BCUT2D eigenvalue weighted by Crippen LogP contribution is -2.06. The molecule has 228 valence electrons. The summed E-state index contributed by atoms with van der Waals surface area (Å²) >= 11 is 0. The zero-order chi connectivity index (χ0) is 32.1. The van der Waals surface area contributed by atoms with Crippen molar-refractivity contribution in [3.8, 4) is 28.7 Å². The summed E-state index contributed by atoms with van der Waals surface area (Å²) in [6.07, 6.45) is 0. The molecule has 6 heteroatoms. The maximum Gasteiger partial charge on any atom is 0.238 e. The fourth-order valence-electron chi connectivity index (χ4n) is 7.43. The predicted octanol–water partition coefficient (Wildman–Crippen LogP) is 11.3. The molecule has 0 bridgehead atoms. The predicted molar refractivity (Wildman–Crippen MR) is 197 cm³/mol. The summed E-state index contributed by atoms with van der Waals surface area (Å²) in [6, 6.07) is 49.8. The van der Waals surface area contributed by atoms with Crippen molar-refractivity contribution in [1.82, 2.24) is 19.5 Å². The summed E-state index contributed by atoms with van der Waals surface area (Å²) in [6.45, 7) is 0. The molecule has 11 aromatic rings. The van der Waals surface area contributed by atoms with Gasteiger partial charge in [0.1, 0.15) is 22.3 Å². The lowest BCUT2D eigenvalue weighted by molar-refractivity contribution is 0.663. The molecule has 0 saturated heterocycles. The van der Waals surface area contributed by atoms with E-state index in [0.29, 0.717) is 17.6 Å². The zero-order valence-electron chi connectivity index (χ0n) is 26.0. The highest BCUT2D eigenvalue weighted by Gasteiger charge is 2.21. The smallest absolute Gasteiger partial charge is 0.238 e. The minimum atomic E-state index is 0.565. The molecule has 0 spiro atoms. The van der Waals surface area contributed by atoms with Gasteiger partial charge in [-0.15, -0.1) is 0 Å². The van der Waals surface area contributed by atoms with Gasteiger partial charge < -0.3 is 8.83 Å². The van der Waals surface area contributed by atoms with Gasteiger partial charge in [0.15, 0.2) is 11.6 Å². The molecule has 0 atom stereocenters. The number of hydrogen-bond acceptors (Lipinski definition) is 5. The van der Waals surface area contributed by atoms with Gasteiger partial charge in [-0.05, 0) is 47.9 Å². The Morgan fingerprint density at radius 2 is 1.12 bits per heavy atom. The van der Waals surface area contributed by atoms with Crippen molar-refractivity contribution >= 4 is 76.5 Å². The number of fused-ring (bicyclic) bond motifs is 12. The first-order chi connectivity index (χ1) is 24.3. The van der Waals surface area contributed by atoms with Gasteiger partial charge in [0, 0.05) is 43.4 Å². The van der Waals surface area contributed by atoms with Crippen LogP contribution in [0.1, 0.15) is 0 Å². The van der Waals surface area contributed by atoms with E-state index in [2.05, 4.69) is 83.4 Å². The Labute approximate surface area is 278 Å². The second-order valence-corrected chi connectivity index (χ2v) is 12.4. The maximum atomic E-state index is 6.52. The van der Waals surface area contributed by atoms with Gasteiger partial charge >= 0.3 is 0 Å². The monoisotopic (exact) mass is 628 g/mol. The maximum absolute atomic E-state index is 6.52. The van der Waals surface area contributed by atoms with Crippen molar-refractivity contribution in [2.75, 3.05) is 0 Å². The van der Waals surface area contributed by atoms with Crippen LogP contribution in [0.25, 0.3) is 105 Å². The van der Waals surface area contributed by atoms with Crippen molar-refractivity contribution in [3.05, 3.63) is 146 Å². The van der Waals surface area contributed by atoms with E-state index in [0.717, 1.165) is 87.6 Å². The number of rotatable bonds is 3. The second-order valence-electron chi connectivity index (χ2n) is 12.4. The largest absolute Gasteiger partial charge is 0.456 e. The number of para-hydroxylation sites is 2. The summed E-state index contributed by atoms with van der Waals surface area (Å²) in [5.74, 6) is 1.76. The molecule has 0 fully saturated rings. The molecule has 0 unspecified atom stereocenters. The molecule has 11 rings (SSSR count). The fraction of sp³-hybridized carbons (Fsp3) is 0. The van der Waals surface area contributed by atoms with E-state index in [1.807, 2.05) is 66.7 Å². The van der Waals surface area contributed by atoms with Crippen LogP contribution in [-0.4, -0.2) is 19.5 Å². The minimum Gasteiger partial charge on any atom is -0.456 e. The number of benzene rings is 7. The lowest BCUT2D eigenvalue weighted by Gasteiger charge is -2.12. The molecular formula is C43H24N4O2. The molecule has 4 heterocycles. The first kappa shape index (κ1) is 26.3. The molecule has 0 saturated carbocycles. The van der Waals surface area contributed by atoms with Gasteiger partial charge in [-0.25, -0.2) is 4.98 Å². The van der Waals surface area contributed by atoms with Crippen LogP contribution < -0.4 is 0 Å². The third kappa shape index (κ3) is 3.79. The van der Waals surface area contributed by atoms with Gasteiger partial charge in [0.25, 0.3) is 0 Å². The third-order valence-electron chi connectivity index (χ3n) is 9.65. The molecule has 6 nitrogen and oxygen atoms in total. The molecule has 0 amide bonds. The van der Waals surface area contributed by atoms with E-state index >= 15 is 0 Å². The Hall–Kier alpha value is -6.79. The highest BCUT2D eigenvalue weighted by molar-refractivity contribution is 6.22. The van der Waals surface area contributed by atoms with Crippen LogP contribution in [0, 0.1) is 0 Å². The van der Waals surface area contributed by atoms with Crippen molar-refractivity contribution in [1.29, 1.82) is 0 Å². The Morgan fingerprint density at radius 1 is 0.429 bits per heavy atom. The summed E-state index contributed by atoms with van der Waals surface area (Å²) in [5.41, 5.74) is 7.16. The van der Waals surface area contributed by atoms with Crippen LogP contribution in [0.4, 0.5) is 0 Å². The topological polar surface area (TPSA) is 69.9 Å². The van der Waals surface area contributed by atoms with Crippen LogP contribution in [0.15, 0.2) is 154 Å². The first-order valence-electron chi connectivity index (χ1n) is 16.3. The molecule has 49 heavy (non-hydrogen) atoms. The van der Waals surface area contributed by atoms with Crippen LogP contribution in [-0.2, 0) is 0 Å². The number of nitrogens with zero attached hydrogens (tertiary/aromatic N) is 4. The molecule has 0 aliphatic carbocycles. The molecule has 4 aromatic heterocycles. The van der Waals surface area contributed by atoms with Crippen LogP contribution in [0.5, 0.6) is 0 Å². The Bertz CT molecular complexity index is 3120. The third-order valence-corrected chi connectivity index (χ3v) is 9.65. The van der Waals surface area contributed by atoms with Gasteiger partial charge in [0.05, 0.1) is 16.4 Å². The molecular weight excluding hydrogens is 604 g/mol. The Balaban J connectivity index is 1.20. The van der Waals surface area contributed by atoms with Gasteiger partial charge in [0.2, 0.25) is 5.95 Å². The van der Waals surface area contributed by atoms with E-state index in [4.69, 9.17) is 23.8 Å². The fourth-order valence-corrected chi connectivity index (χ4v) is 7.43. The molecule has 0 aliphatic heterocycles. The van der Waals surface area contributed by atoms with E-state index in [1.54, 1.807) is 0 Å². The number of hydrogen-bond donors (Lipinski definition) is 0. The summed E-state index contributed by atoms with van der Waals surface area (Å²) in [5, 5.41) is 8.64.